The second-order valence-corrected chi connectivity index (χ2v) is 4.59. The Balaban J connectivity index is 2.07. The van der Waals surface area contributed by atoms with Crippen molar-refractivity contribution in [3.63, 3.8) is 0 Å². The van der Waals surface area contributed by atoms with Crippen LogP contribution in [0, 0.1) is 18.8 Å². The molecule has 21 heavy (non-hydrogen) atoms. The molecule has 108 valence electrons. The Morgan fingerprint density at radius 1 is 1.48 bits per heavy atom. The number of rotatable bonds is 4. The van der Waals surface area contributed by atoms with Crippen molar-refractivity contribution in [2.45, 2.75) is 19.9 Å². The summed E-state index contributed by atoms with van der Waals surface area (Å²) in [5, 5.41) is 18.1. The second-order valence-electron chi connectivity index (χ2n) is 4.59. The third-order valence-electron chi connectivity index (χ3n) is 2.97. The maximum Gasteiger partial charge on any atom is 0.251 e. The molecule has 1 aromatic heterocycles. The molecule has 1 aromatic carbocycles. The first kappa shape index (κ1) is 14.8. The van der Waals surface area contributed by atoms with Crippen LogP contribution < -0.4 is 5.32 Å². The summed E-state index contributed by atoms with van der Waals surface area (Å²) in [5.74, 6) is 5.69. The minimum absolute atomic E-state index is 0.0386. The van der Waals surface area contributed by atoms with Crippen LogP contribution in [0.25, 0.3) is 0 Å². The van der Waals surface area contributed by atoms with E-state index >= 15 is 0 Å². The predicted octanol–water partition coefficient (Wildman–Crippen LogP) is 1.38. The molecule has 2 aromatic rings. The fraction of sp³-hybridized carbons (Fsp3) is 0.250. The first-order valence-corrected chi connectivity index (χ1v) is 6.67. The van der Waals surface area contributed by atoms with E-state index in [2.05, 4.69) is 27.4 Å². The first-order chi connectivity index (χ1) is 10.2. The van der Waals surface area contributed by atoms with Gasteiger partial charge in [0.1, 0.15) is 0 Å². The van der Waals surface area contributed by atoms with Crippen molar-refractivity contribution >= 4 is 5.91 Å². The number of hydrogen-bond acceptors (Lipinski definition) is 3. The van der Waals surface area contributed by atoms with Crippen molar-refractivity contribution in [2.24, 2.45) is 0 Å². The summed E-state index contributed by atoms with van der Waals surface area (Å²) in [5.41, 5.74) is 3.29. The largest absolute Gasteiger partial charge is 0.395 e. The molecule has 3 N–H and O–H groups in total. The summed E-state index contributed by atoms with van der Waals surface area (Å²) < 4.78 is 0. The van der Waals surface area contributed by atoms with Crippen LogP contribution in [0.5, 0.6) is 0 Å². The number of hydrogen-bond donors (Lipinski definition) is 3. The molecule has 0 aliphatic rings. The number of aliphatic hydroxyl groups excluding tert-OH is 1. The van der Waals surface area contributed by atoms with Crippen molar-refractivity contribution in [3.8, 4) is 11.8 Å². The lowest BCUT2D eigenvalue weighted by Gasteiger charge is -2.06. The van der Waals surface area contributed by atoms with Gasteiger partial charge in [-0.2, -0.15) is 5.10 Å². The third kappa shape index (κ3) is 4.20. The molecule has 0 radical (unpaired) electrons. The Labute approximate surface area is 123 Å². The number of aromatic nitrogens is 2. The highest BCUT2D eigenvalue weighted by molar-refractivity contribution is 5.94. The minimum Gasteiger partial charge on any atom is -0.395 e. The van der Waals surface area contributed by atoms with E-state index < -0.39 is 0 Å². The monoisotopic (exact) mass is 283 g/mol. The molecule has 0 aliphatic carbocycles. The smallest absolute Gasteiger partial charge is 0.251 e. The molecule has 0 aliphatic heterocycles. The zero-order valence-corrected chi connectivity index (χ0v) is 11.8. The molecule has 0 atom stereocenters. The number of carbonyl (C=O) groups excluding carboxylic acids is 1. The molecule has 5 nitrogen and oxygen atoms in total. The molecule has 5 heteroatoms. The Morgan fingerprint density at radius 2 is 2.33 bits per heavy atom. The molecule has 0 spiro atoms. The van der Waals surface area contributed by atoms with Crippen LogP contribution in [0.4, 0.5) is 0 Å². The maximum absolute atomic E-state index is 12.1. The average molecular weight is 283 g/mol. The highest BCUT2D eigenvalue weighted by Crippen LogP contribution is 2.10. The van der Waals surface area contributed by atoms with E-state index in [-0.39, 0.29) is 12.5 Å². The van der Waals surface area contributed by atoms with Gasteiger partial charge in [0.25, 0.3) is 5.91 Å². The number of carbonyl (C=O) groups is 1. The molecule has 1 heterocycles. The van der Waals surface area contributed by atoms with Crippen molar-refractivity contribution in [3.05, 3.63) is 52.8 Å². The summed E-state index contributed by atoms with van der Waals surface area (Å²) in [6.07, 6.45) is 3.83. The van der Waals surface area contributed by atoms with Gasteiger partial charge in [-0.3, -0.25) is 9.89 Å². The molecular weight excluding hydrogens is 266 g/mol. The lowest BCUT2D eigenvalue weighted by atomic mass is 10.0. The number of aromatic amines is 1. The van der Waals surface area contributed by atoms with E-state index in [1.807, 2.05) is 13.0 Å². The lowest BCUT2D eigenvalue weighted by Crippen LogP contribution is -2.22. The predicted molar refractivity (Wildman–Crippen MR) is 79.5 cm³/mol. The summed E-state index contributed by atoms with van der Waals surface area (Å²) in [7, 11) is 0. The number of H-pyrrole nitrogens is 1. The van der Waals surface area contributed by atoms with Gasteiger partial charge < -0.3 is 10.4 Å². The Hall–Kier alpha value is -2.58. The van der Waals surface area contributed by atoms with E-state index in [1.165, 1.54) is 0 Å². The number of nitrogens with one attached hydrogen (secondary N) is 2. The number of amides is 1. The van der Waals surface area contributed by atoms with E-state index in [0.29, 0.717) is 18.5 Å². The van der Waals surface area contributed by atoms with Crippen molar-refractivity contribution in [2.75, 3.05) is 6.61 Å². The summed E-state index contributed by atoms with van der Waals surface area (Å²) in [6.45, 7) is 2.40. The molecule has 0 bridgehead atoms. The van der Waals surface area contributed by atoms with Crippen LogP contribution in [0.15, 0.2) is 30.6 Å². The Kier molecular flexibility index (Phi) is 5.13. The van der Waals surface area contributed by atoms with Crippen LogP contribution in [0.1, 0.15) is 33.5 Å². The molecule has 0 saturated carbocycles. The SMILES string of the molecule is Cc1ccc(C(=O)NCc2cn[nH]c2)cc1C#CCCO. The van der Waals surface area contributed by atoms with E-state index in [1.54, 1.807) is 24.5 Å². The normalized spacial score (nSPS) is 9.81. The van der Waals surface area contributed by atoms with Gasteiger partial charge in [-0.25, -0.2) is 0 Å². The zero-order chi connectivity index (χ0) is 15.1. The number of aliphatic hydroxyl groups is 1. The van der Waals surface area contributed by atoms with Gasteiger partial charge in [0, 0.05) is 35.9 Å². The zero-order valence-electron chi connectivity index (χ0n) is 11.8. The molecular formula is C16H17N3O2. The van der Waals surface area contributed by atoms with Gasteiger partial charge in [-0.05, 0) is 24.6 Å². The molecule has 0 saturated heterocycles. The highest BCUT2D eigenvalue weighted by atomic mass is 16.2. The van der Waals surface area contributed by atoms with Crippen molar-refractivity contribution in [1.82, 2.24) is 15.5 Å². The van der Waals surface area contributed by atoms with Gasteiger partial charge in [-0.1, -0.05) is 17.9 Å². The van der Waals surface area contributed by atoms with E-state index in [0.717, 1.165) is 16.7 Å². The molecule has 2 rings (SSSR count). The summed E-state index contributed by atoms with van der Waals surface area (Å²) in [4.78, 5) is 12.1. The minimum atomic E-state index is -0.151. The first-order valence-electron chi connectivity index (χ1n) is 6.67. The van der Waals surface area contributed by atoms with Gasteiger partial charge in [0.15, 0.2) is 0 Å². The van der Waals surface area contributed by atoms with Crippen LogP contribution in [-0.2, 0) is 6.54 Å². The average Bonchev–Trinajstić information content (AvgIpc) is 3.00. The fourth-order valence-corrected chi connectivity index (χ4v) is 1.77. The molecule has 0 fully saturated rings. The van der Waals surface area contributed by atoms with Crippen LogP contribution in [0.3, 0.4) is 0 Å². The molecule has 1 amide bonds. The number of nitrogens with zero attached hydrogens (tertiary/aromatic N) is 1. The quantitative estimate of drug-likeness (QED) is 0.742. The van der Waals surface area contributed by atoms with Crippen LogP contribution in [0.2, 0.25) is 0 Å². The van der Waals surface area contributed by atoms with E-state index in [4.69, 9.17) is 5.11 Å². The Morgan fingerprint density at radius 3 is 3.05 bits per heavy atom. The third-order valence-corrected chi connectivity index (χ3v) is 2.97. The van der Waals surface area contributed by atoms with Gasteiger partial charge >= 0.3 is 0 Å². The van der Waals surface area contributed by atoms with Gasteiger partial charge in [0.2, 0.25) is 0 Å². The fourth-order valence-electron chi connectivity index (χ4n) is 1.77. The van der Waals surface area contributed by atoms with Crippen molar-refractivity contribution in [1.29, 1.82) is 0 Å². The number of benzene rings is 1. The van der Waals surface area contributed by atoms with Crippen molar-refractivity contribution < 1.29 is 9.90 Å². The topological polar surface area (TPSA) is 78.0 Å². The molecule has 0 unspecified atom stereocenters. The van der Waals surface area contributed by atoms with Gasteiger partial charge in [-0.15, -0.1) is 0 Å². The number of aryl methyl sites for hydroxylation is 1. The summed E-state index contributed by atoms with van der Waals surface area (Å²) in [6, 6.07) is 5.41. The van der Waals surface area contributed by atoms with Crippen LogP contribution in [-0.4, -0.2) is 27.8 Å². The van der Waals surface area contributed by atoms with E-state index in [9.17, 15) is 4.79 Å². The maximum atomic E-state index is 12.1. The second kappa shape index (κ2) is 7.27. The summed E-state index contributed by atoms with van der Waals surface area (Å²) >= 11 is 0. The van der Waals surface area contributed by atoms with Crippen LogP contribution >= 0.6 is 0 Å². The lowest BCUT2D eigenvalue weighted by molar-refractivity contribution is 0.0951. The standard InChI is InChI=1S/C16H17N3O2/c1-12-5-6-15(8-14(12)4-2-3-7-20)16(21)17-9-13-10-18-19-11-13/h5-6,8,10-11,20H,3,7,9H2,1H3,(H,17,21)(H,18,19). The van der Waals surface area contributed by atoms with Gasteiger partial charge in [0.05, 0.1) is 12.8 Å². The Bertz CT molecular complexity index is 667. The highest BCUT2D eigenvalue weighted by Gasteiger charge is 2.07.